The predicted octanol–water partition coefficient (Wildman–Crippen LogP) is 13.3. The summed E-state index contributed by atoms with van der Waals surface area (Å²) in [5.74, 6) is 1.06. The molecule has 262 valence electrons. The highest BCUT2D eigenvalue weighted by atomic mass is 32.1. The number of hydrogen-bond donors (Lipinski definition) is 0. The van der Waals surface area contributed by atoms with Gasteiger partial charge in [-0.1, -0.05) is 188 Å². The molecule has 2 heterocycles. The molecular formula is C52H33N3S. The Bertz CT molecular complexity index is 3560. The highest BCUT2D eigenvalue weighted by Crippen LogP contribution is 2.58. The van der Waals surface area contributed by atoms with E-state index in [9.17, 15) is 5.48 Å². The van der Waals surface area contributed by atoms with Gasteiger partial charge in [0.25, 0.3) is 0 Å². The lowest BCUT2D eigenvalue weighted by Gasteiger charge is -2.33. The van der Waals surface area contributed by atoms with Gasteiger partial charge in [-0.3, -0.25) is 0 Å². The topological polar surface area (TPSA) is 38.7 Å². The summed E-state index contributed by atoms with van der Waals surface area (Å²) in [4.78, 5) is 15.8. The van der Waals surface area contributed by atoms with Crippen LogP contribution in [-0.2, 0) is 5.41 Å². The fourth-order valence-electron chi connectivity index (χ4n) is 8.26. The van der Waals surface area contributed by atoms with Crippen molar-refractivity contribution in [2.45, 2.75) is 5.41 Å². The molecule has 3 nitrogen and oxygen atoms in total. The number of fused-ring (bicyclic) bond motifs is 6. The third kappa shape index (κ3) is 4.93. The fourth-order valence-corrected chi connectivity index (χ4v) is 9.47. The molecule has 0 saturated carbocycles. The van der Waals surface area contributed by atoms with Crippen LogP contribution in [0, 0.1) is 0 Å². The van der Waals surface area contributed by atoms with Gasteiger partial charge in [0.05, 0.1) is 19.1 Å². The molecule has 56 heavy (non-hydrogen) atoms. The highest BCUT2D eigenvalue weighted by Gasteiger charge is 2.47. The van der Waals surface area contributed by atoms with E-state index in [-0.39, 0.29) is 17.0 Å². The van der Waals surface area contributed by atoms with Gasteiger partial charge in [0.1, 0.15) is 0 Å². The molecule has 0 radical (unpaired) electrons. The van der Waals surface area contributed by atoms with Gasteiger partial charge in [-0.2, -0.15) is 0 Å². The number of benzene rings is 8. The van der Waals surface area contributed by atoms with E-state index in [4.69, 9.17) is 23.2 Å². The maximum absolute atomic E-state index is 9.45. The molecule has 0 saturated heterocycles. The van der Waals surface area contributed by atoms with Crippen LogP contribution >= 0.6 is 11.3 Å². The Morgan fingerprint density at radius 1 is 0.411 bits per heavy atom. The summed E-state index contributed by atoms with van der Waals surface area (Å²) in [6.45, 7) is 0. The van der Waals surface area contributed by atoms with Gasteiger partial charge in [0.2, 0.25) is 0 Å². The van der Waals surface area contributed by atoms with Crippen LogP contribution in [0.1, 0.15) is 36.0 Å². The summed E-state index contributed by atoms with van der Waals surface area (Å²) in [6, 6.07) is 38.5. The number of thiophene rings is 1. The zero-order valence-corrected chi connectivity index (χ0v) is 30.3. The molecule has 1 aliphatic rings. The van der Waals surface area contributed by atoms with Crippen LogP contribution in [-0.4, -0.2) is 15.0 Å². The van der Waals surface area contributed by atoms with Crippen molar-refractivity contribution < 1.29 is 13.7 Å². The molecule has 2 aromatic heterocycles. The molecule has 1 aliphatic carbocycles. The Morgan fingerprint density at radius 3 is 1.68 bits per heavy atom. The molecule has 0 N–H and O–H groups in total. The third-order valence-electron chi connectivity index (χ3n) is 10.6. The lowest BCUT2D eigenvalue weighted by molar-refractivity contribution is 0.768. The largest absolute Gasteiger partial charge is 0.208 e. The average Bonchev–Trinajstić information content (AvgIpc) is 3.88. The summed E-state index contributed by atoms with van der Waals surface area (Å²) in [7, 11) is 0. The monoisotopic (exact) mass is 741 g/mol. The maximum atomic E-state index is 9.45. The molecule has 0 amide bonds. The lowest BCUT2D eigenvalue weighted by Crippen LogP contribution is -2.28. The van der Waals surface area contributed by atoms with Crippen LogP contribution in [0.5, 0.6) is 0 Å². The van der Waals surface area contributed by atoms with Gasteiger partial charge in [-0.15, -0.1) is 11.3 Å². The standard InChI is InChI=1S/C52H33N3S/c1-4-18-34(19-5-1)37-24-10-11-26-40(37)49-53-50(55-51(54-49)43-30-16-28-39-38-25-13-15-33-46(38)56-48(39)43)42-29-17-32-45-47(42)41-27-12-14-31-44(41)52(45,35-20-6-2-7-21-35)36-22-8-3-9-23-36/h1-33H/i2D,3D,6D,7D,8D,9D,20D,21D,22D,23D. The van der Waals surface area contributed by atoms with E-state index in [1.807, 2.05) is 97.1 Å². The second-order valence-corrected chi connectivity index (χ2v) is 14.6. The molecule has 0 spiro atoms. The van der Waals surface area contributed by atoms with Crippen molar-refractivity contribution >= 4 is 31.5 Å². The normalized spacial score (nSPS) is 15.3. The SMILES string of the molecule is [2H]c1c([2H])c([2H])c(C2(c3c([2H])c([2H])c([2H])c([2H])c3[2H])c3ccccc3-c3c(-c4nc(-c5ccccc5-c5ccccc5)nc(-c5cccc6c5sc5ccccc56)n4)cccc32)c([2H])c1[2H]. The second-order valence-electron chi connectivity index (χ2n) is 13.5. The molecule has 10 aromatic rings. The Labute approximate surface area is 343 Å². The molecule has 11 rings (SSSR count). The quantitative estimate of drug-likeness (QED) is 0.170. The van der Waals surface area contributed by atoms with Gasteiger partial charge in [0, 0.05) is 36.9 Å². The van der Waals surface area contributed by atoms with Gasteiger partial charge in [-0.05, 0) is 56.6 Å². The van der Waals surface area contributed by atoms with E-state index in [1.54, 1.807) is 35.6 Å². The minimum absolute atomic E-state index is 0.249. The van der Waals surface area contributed by atoms with Crippen LogP contribution in [0.4, 0.5) is 0 Å². The van der Waals surface area contributed by atoms with Crippen molar-refractivity contribution in [2.24, 2.45) is 0 Å². The van der Waals surface area contributed by atoms with Gasteiger partial charge in [0.15, 0.2) is 17.5 Å². The summed E-state index contributed by atoms with van der Waals surface area (Å²) < 4.78 is 92.5. The van der Waals surface area contributed by atoms with Crippen LogP contribution in [0.3, 0.4) is 0 Å². The van der Waals surface area contributed by atoms with Crippen LogP contribution in [0.25, 0.3) is 76.6 Å². The number of nitrogens with zero attached hydrogens (tertiary/aromatic N) is 3. The molecular weight excluding hydrogens is 699 g/mol. The van der Waals surface area contributed by atoms with Crippen molar-refractivity contribution in [1.82, 2.24) is 15.0 Å². The molecule has 0 unspecified atom stereocenters. The van der Waals surface area contributed by atoms with Gasteiger partial charge in [-0.25, -0.2) is 15.0 Å². The first-order valence-corrected chi connectivity index (χ1v) is 18.9. The first kappa shape index (κ1) is 23.7. The van der Waals surface area contributed by atoms with Gasteiger partial charge < -0.3 is 0 Å². The smallest absolute Gasteiger partial charge is 0.165 e. The number of rotatable bonds is 6. The summed E-state index contributed by atoms with van der Waals surface area (Å²) in [5, 5.41) is 2.16. The summed E-state index contributed by atoms with van der Waals surface area (Å²) in [5.41, 5.74) is 3.10. The Balaban J connectivity index is 1.28. The first-order chi connectivity index (χ1) is 31.9. The van der Waals surface area contributed by atoms with Crippen LogP contribution in [0.15, 0.2) is 200 Å². The van der Waals surface area contributed by atoms with E-state index < -0.39 is 65.8 Å². The Morgan fingerprint density at radius 2 is 0.929 bits per heavy atom. The van der Waals surface area contributed by atoms with Crippen LogP contribution in [0.2, 0.25) is 0 Å². The summed E-state index contributed by atoms with van der Waals surface area (Å²) in [6.07, 6.45) is 0. The van der Waals surface area contributed by atoms with E-state index >= 15 is 0 Å². The minimum Gasteiger partial charge on any atom is -0.208 e. The fraction of sp³-hybridized carbons (Fsp3) is 0.0192. The highest BCUT2D eigenvalue weighted by molar-refractivity contribution is 7.26. The third-order valence-corrected chi connectivity index (χ3v) is 11.8. The van der Waals surface area contributed by atoms with Crippen LogP contribution < -0.4 is 0 Å². The first-order valence-electron chi connectivity index (χ1n) is 23.1. The zero-order valence-electron chi connectivity index (χ0n) is 39.5. The van der Waals surface area contributed by atoms with Crippen molar-refractivity contribution in [3.63, 3.8) is 0 Å². The molecule has 4 heteroatoms. The van der Waals surface area contributed by atoms with Crippen molar-refractivity contribution in [3.05, 3.63) is 222 Å². The molecule has 0 aliphatic heterocycles. The Hall–Kier alpha value is -7.01. The molecule has 0 atom stereocenters. The van der Waals surface area contributed by atoms with Gasteiger partial charge >= 0.3 is 0 Å². The van der Waals surface area contributed by atoms with Crippen molar-refractivity contribution in [1.29, 1.82) is 0 Å². The molecule has 0 fully saturated rings. The summed E-state index contributed by atoms with van der Waals surface area (Å²) >= 11 is 1.64. The lowest BCUT2D eigenvalue weighted by atomic mass is 9.67. The van der Waals surface area contributed by atoms with Crippen molar-refractivity contribution in [2.75, 3.05) is 0 Å². The average molecular weight is 742 g/mol. The number of aromatic nitrogens is 3. The Kier molecular flexibility index (Phi) is 5.54. The predicted molar refractivity (Wildman–Crippen MR) is 232 cm³/mol. The molecule has 8 aromatic carbocycles. The van der Waals surface area contributed by atoms with E-state index in [2.05, 4.69) is 18.2 Å². The van der Waals surface area contributed by atoms with E-state index in [0.29, 0.717) is 39.5 Å². The maximum Gasteiger partial charge on any atom is 0.165 e. The zero-order chi connectivity index (χ0) is 45.8. The van der Waals surface area contributed by atoms with E-state index in [1.165, 1.54) is 0 Å². The van der Waals surface area contributed by atoms with E-state index in [0.717, 1.165) is 42.4 Å². The second kappa shape index (κ2) is 13.1. The minimum atomic E-state index is -2.02. The molecule has 0 bridgehead atoms. The van der Waals surface area contributed by atoms with Crippen molar-refractivity contribution in [3.8, 4) is 56.4 Å². The number of hydrogen-bond acceptors (Lipinski definition) is 4.